The van der Waals surface area contributed by atoms with Gasteiger partial charge in [-0.05, 0) is 31.0 Å². The summed E-state index contributed by atoms with van der Waals surface area (Å²) < 4.78 is 11.4. The summed E-state index contributed by atoms with van der Waals surface area (Å²) >= 11 is 0. The second-order valence-corrected chi connectivity index (χ2v) is 7.98. The number of aromatic hydroxyl groups is 2. The van der Waals surface area contributed by atoms with E-state index >= 15 is 0 Å². The quantitative estimate of drug-likeness (QED) is 0.396. The molecule has 9 heteroatoms. The molecule has 3 heterocycles. The first-order valence-electron chi connectivity index (χ1n) is 9.50. The number of Topliss-reactive ketones (excluding diaryl/α,β-unsaturated/α-hetero) is 1. The Hall–Kier alpha value is -3.07. The van der Waals surface area contributed by atoms with Gasteiger partial charge in [-0.1, -0.05) is 0 Å². The molecule has 3 fully saturated rings. The topological polar surface area (TPSA) is 134 Å². The van der Waals surface area contributed by atoms with Crippen LogP contribution in [0, 0.1) is 11.3 Å². The molecule has 1 aromatic carbocycles. The van der Waals surface area contributed by atoms with Gasteiger partial charge in [-0.3, -0.25) is 19.3 Å². The summed E-state index contributed by atoms with van der Waals surface area (Å²) in [6, 6.07) is 3.60. The standard InChI is InChI=1S/C20H19NO8/c22-9-1-2-11(23)10(7-9)12(24)8-20-6-5-13-16(20)17(29-19(20)27)18(26)21-14(25)3-4-15(21)28-13/h1-2,7,13,15-16,22-23,26H,3-6,8H2/t13-,15+,16+,20-/m1/s1. The molecule has 9 nitrogen and oxygen atoms in total. The number of benzene rings is 1. The van der Waals surface area contributed by atoms with Crippen LogP contribution in [0.4, 0.5) is 0 Å². The van der Waals surface area contributed by atoms with Crippen LogP contribution < -0.4 is 0 Å². The van der Waals surface area contributed by atoms with Crippen LogP contribution in [0.1, 0.15) is 42.5 Å². The molecule has 1 saturated carbocycles. The summed E-state index contributed by atoms with van der Waals surface area (Å²) in [6.45, 7) is 0. The van der Waals surface area contributed by atoms with Crippen molar-refractivity contribution in [2.24, 2.45) is 11.3 Å². The number of ether oxygens (including phenoxy) is 2. The van der Waals surface area contributed by atoms with Crippen LogP contribution in [0.3, 0.4) is 0 Å². The summed E-state index contributed by atoms with van der Waals surface area (Å²) in [4.78, 5) is 39.1. The van der Waals surface area contributed by atoms with Crippen molar-refractivity contribution in [1.29, 1.82) is 0 Å². The van der Waals surface area contributed by atoms with Gasteiger partial charge in [-0.25, -0.2) is 0 Å². The van der Waals surface area contributed by atoms with Crippen molar-refractivity contribution in [1.82, 2.24) is 4.90 Å². The summed E-state index contributed by atoms with van der Waals surface area (Å²) in [6.07, 6.45) is 0.0571. The summed E-state index contributed by atoms with van der Waals surface area (Å²) in [5.74, 6) is -3.13. The third kappa shape index (κ3) is 2.40. The van der Waals surface area contributed by atoms with Gasteiger partial charge >= 0.3 is 5.97 Å². The van der Waals surface area contributed by atoms with Crippen molar-refractivity contribution in [3.8, 4) is 11.5 Å². The molecular formula is C20H19NO8. The van der Waals surface area contributed by atoms with Gasteiger partial charge in [0.15, 0.2) is 11.5 Å². The normalized spacial score (nSPS) is 32.8. The zero-order chi connectivity index (χ0) is 20.5. The Balaban J connectivity index is 1.54. The molecule has 152 valence electrons. The Labute approximate surface area is 165 Å². The highest BCUT2D eigenvalue weighted by Gasteiger charge is 2.66. The first-order valence-corrected chi connectivity index (χ1v) is 9.50. The Morgan fingerprint density at radius 2 is 2.00 bits per heavy atom. The molecule has 3 aliphatic heterocycles. The van der Waals surface area contributed by atoms with Gasteiger partial charge < -0.3 is 24.8 Å². The number of amides is 1. The fraction of sp³-hybridized carbons (Fsp3) is 0.450. The van der Waals surface area contributed by atoms with Crippen LogP contribution in [0.2, 0.25) is 0 Å². The van der Waals surface area contributed by atoms with Crippen LogP contribution in [0.5, 0.6) is 11.5 Å². The van der Waals surface area contributed by atoms with Crippen LogP contribution in [-0.2, 0) is 19.1 Å². The maximum Gasteiger partial charge on any atom is 0.318 e. The number of carbonyl (C=O) groups excluding carboxylic acids is 3. The summed E-state index contributed by atoms with van der Waals surface area (Å²) in [5, 5.41) is 30.4. The zero-order valence-electron chi connectivity index (χ0n) is 15.3. The molecule has 4 atom stereocenters. The number of carbonyl (C=O) groups is 3. The van der Waals surface area contributed by atoms with Crippen molar-refractivity contribution in [3.63, 3.8) is 0 Å². The van der Waals surface area contributed by atoms with Gasteiger partial charge in [0, 0.05) is 19.3 Å². The Kier molecular flexibility index (Phi) is 3.70. The number of rotatable bonds is 3. The number of esters is 1. The van der Waals surface area contributed by atoms with Crippen molar-refractivity contribution >= 4 is 17.7 Å². The van der Waals surface area contributed by atoms with E-state index in [9.17, 15) is 29.7 Å². The Morgan fingerprint density at radius 1 is 1.21 bits per heavy atom. The van der Waals surface area contributed by atoms with E-state index in [0.717, 1.165) is 11.0 Å². The number of aliphatic hydroxyl groups is 1. The lowest BCUT2D eigenvalue weighted by molar-refractivity contribution is -0.148. The summed E-state index contributed by atoms with van der Waals surface area (Å²) in [7, 11) is 0. The molecule has 0 unspecified atom stereocenters. The fourth-order valence-corrected chi connectivity index (χ4v) is 5.08. The largest absolute Gasteiger partial charge is 0.508 e. The van der Waals surface area contributed by atoms with E-state index in [1.54, 1.807) is 0 Å². The highest BCUT2D eigenvalue weighted by molar-refractivity contribution is 6.02. The van der Waals surface area contributed by atoms with E-state index in [-0.39, 0.29) is 41.6 Å². The van der Waals surface area contributed by atoms with E-state index < -0.39 is 41.3 Å². The molecule has 0 bridgehead atoms. The molecule has 0 radical (unpaired) electrons. The molecule has 5 rings (SSSR count). The van der Waals surface area contributed by atoms with Crippen LogP contribution in [0.25, 0.3) is 0 Å². The highest BCUT2D eigenvalue weighted by atomic mass is 16.6. The molecule has 29 heavy (non-hydrogen) atoms. The Bertz CT molecular complexity index is 985. The molecule has 4 aliphatic rings. The molecule has 2 saturated heterocycles. The highest BCUT2D eigenvalue weighted by Crippen LogP contribution is 2.59. The molecule has 0 aromatic heterocycles. The molecule has 0 spiro atoms. The van der Waals surface area contributed by atoms with Crippen molar-refractivity contribution in [2.75, 3.05) is 0 Å². The van der Waals surface area contributed by atoms with Gasteiger partial charge in [-0.15, -0.1) is 0 Å². The maximum absolute atomic E-state index is 12.9. The number of phenolic OH excluding ortho intramolecular Hbond substituents is 2. The Morgan fingerprint density at radius 3 is 2.79 bits per heavy atom. The minimum absolute atomic E-state index is 0.0248. The van der Waals surface area contributed by atoms with Crippen LogP contribution in [-0.4, -0.2) is 50.2 Å². The minimum Gasteiger partial charge on any atom is -0.508 e. The van der Waals surface area contributed by atoms with Gasteiger partial charge in [0.25, 0.3) is 0 Å². The van der Waals surface area contributed by atoms with E-state index in [2.05, 4.69) is 0 Å². The lowest BCUT2D eigenvalue weighted by Crippen LogP contribution is -2.37. The smallest absolute Gasteiger partial charge is 0.318 e. The number of phenols is 2. The van der Waals surface area contributed by atoms with E-state index in [4.69, 9.17) is 9.47 Å². The van der Waals surface area contributed by atoms with Crippen LogP contribution in [0.15, 0.2) is 29.8 Å². The average Bonchev–Trinajstić information content (AvgIpc) is 3.28. The molecule has 3 N–H and O–H groups in total. The number of nitrogens with zero attached hydrogens (tertiary/aromatic N) is 1. The lowest BCUT2D eigenvalue weighted by atomic mass is 9.73. The number of hydrogen-bond donors (Lipinski definition) is 3. The zero-order valence-corrected chi connectivity index (χ0v) is 15.3. The molecule has 1 aliphatic carbocycles. The fourth-order valence-electron chi connectivity index (χ4n) is 5.08. The molecular weight excluding hydrogens is 382 g/mol. The number of hydrogen-bond acceptors (Lipinski definition) is 8. The van der Waals surface area contributed by atoms with Gasteiger partial charge in [0.1, 0.15) is 17.7 Å². The SMILES string of the molecule is O=C(C[C@@]12CC[C@H]3O[C@H]4CCC(=O)N4C(O)=C(OC1=O)[C@H]32)c1cc(O)ccc1O. The monoisotopic (exact) mass is 401 g/mol. The average molecular weight is 401 g/mol. The third-order valence-electron chi connectivity index (χ3n) is 6.43. The van der Waals surface area contributed by atoms with Crippen molar-refractivity contribution in [3.05, 3.63) is 35.4 Å². The van der Waals surface area contributed by atoms with E-state index in [1.807, 2.05) is 0 Å². The molecule has 1 amide bonds. The second-order valence-electron chi connectivity index (χ2n) is 7.98. The van der Waals surface area contributed by atoms with Crippen molar-refractivity contribution < 1.29 is 39.2 Å². The van der Waals surface area contributed by atoms with Gasteiger partial charge in [-0.2, -0.15) is 0 Å². The minimum atomic E-state index is -1.26. The van der Waals surface area contributed by atoms with Crippen LogP contribution >= 0.6 is 0 Å². The van der Waals surface area contributed by atoms with Crippen molar-refractivity contribution in [2.45, 2.75) is 44.4 Å². The second kappa shape index (κ2) is 5.96. The lowest BCUT2D eigenvalue weighted by Gasteiger charge is -2.26. The summed E-state index contributed by atoms with van der Waals surface area (Å²) in [5.41, 5.74) is -1.35. The number of fused-ring (bicyclic) bond motifs is 1. The number of aliphatic hydroxyl groups excluding tert-OH is 1. The molecule has 1 aromatic rings. The first-order chi connectivity index (χ1) is 13.8. The van der Waals surface area contributed by atoms with Gasteiger partial charge in [0.2, 0.25) is 11.8 Å². The first kappa shape index (κ1) is 18.0. The maximum atomic E-state index is 12.9. The van der Waals surface area contributed by atoms with Gasteiger partial charge in [0.05, 0.1) is 23.0 Å². The predicted molar refractivity (Wildman–Crippen MR) is 94.4 cm³/mol. The third-order valence-corrected chi connectivity index (χ3v) is 6.43. The number of ketones is 1. The van der Waals surface area contributed by atoms with E-state index in [0.29, 0.717) is 19.3 Å². The predicted octanol–water partition coefficient (Wildman–Crippen LogP) is 1.70. The van der Waals surface area contributed by atoms with E-state index in [1.165, 1.54) is 12.1 Å².